The van der Waals surface area contributed by atoms with Gasteiger partial charge in [0, 0.05) is 24.5 Å². The van der Waals surface area contributed by atoms with Crippen molar-refractivity contribution >= 4 is 23.5 Å². The number of likely N-dealkylation sites (tertiary alicyclic amines) is 1. The smallest absolute Gasteiger partial charge is 0.314 e. The average molecular weight is 400 g/mol. The molecule has 0 radical (unpaired) electrons. The van der Waals surface area contributed by atoms with Gasteiger partial charge in [0.2, 0.25) is 5.91 Å². The summed E-state index contributed by atoms with van der Waals surface area (Å²) in [6, 6.07) is 17.1. The quantitative estimate of drug-likeness (QED) is 0.774. The van der Waals surface area contributed by atoms with E-state index in [0.717, 1.165) is 17.5 Å². The van der Waals surface area contributed by atoms with Gasteiger partial charge < -0.3 is 10.0 Å². The van der Waals surface area contributed by atoms with Crippen LogP contribution in [0.4, 0.5) is 0 Å². The first-order valence-corrected chi connectivity index (χ1v) is 10.1. The molecule has 1 saturated heterocycles. The van der Waals surface area contributed by atoms with Crippen molar-refractivity contribution in [3.63, 3.8) is 0 Å². The molecule has 1 amide bonds. The van der Waals surface area contributed by atoms with Crippen LogP contribution in [0.2, 0.25) is 5.02 Å². The van der Waals surface area contributed by atoms with Gasteiger partial charge in [-0.3, -0.25) is 9.59 Å². The molecule has 4 nitrogen and oxygen atoms in total. The number of benzene rings is 2. The van der Waals surface area contributed by atoms with Gasteiger partial charge in [-0.15, -0.1) is 0 Å². The van der Waals surface area contributed by atoms with Crippen LogP contribution in [0.3, 0.4) is 0 Å². The predicted octanol–water partition coefficient (Wildman–Crippen LogP) is 4.55. The number of hydrogen-bond acceptors (Lipinski definition) is 2. The first-order valence-electron chi connectivity index (χ1n) is 9.72. The monoisotopic (exact) mass is 399 g/mol. The third-order valence-electron chi connectivity index (χ3n) is 5.73. The standard InChI is InChI=1S/C23H26ClNO3/c1-17(15-18-7-9-20(24)10-8-18)16-21(26)25-13-11-23(12-14-25,22(27)28)19-5-3-2-4-6-19/h2-10,17H,11-16H2,1H3,(H,27,28). The lowest BCUT2D eigenvalue weighted by atomic mass is 9.72. The molecule has 1 unspecified atom stereocenters. The second-order valence-electron chi connectivity index (χ2n) is 7.77. The van der Waals surface area contributed by atoms with Crippen molar-refractivity contribution in [2.45, 2.75) is 38.0 Å². The molecule has 1 aliphatic heterocycles. The Morgan fingerprint density at radius 2 is 1.68 bits per heavy atom. The number of aliphatic carboxylic acids is 1. The fourth-order valence-corrected chi connectivity index (χ4v) is 4.17. The van der Waals surface area contributed by atoms with E-state index in [1.807, 2.05) is 59.5 Å². The molecule has 0 aromatic heterocycles. The van der Waals surface area contributed by atoms with E-state index < -0.39 is 11.4 Å². The van der Waals surface area contributed by atoms with Crippen molar-refractivity contribution < 1.29 is 14.7 Å². The zero-order chi connectivity index (χ0) is 20.1. The van der Waals surface area contributed by atoms with Crippen molar-refractivity contribution in [1.82, 2.24) is 4.90 Å². The number of carbonyl (C=O) groups is 2. The number of halogens is 1. The number of carboxylic acids is 1. The average Bonchev–Trinajstić information content (AvgIpc) is 2.70. The Labute approximate surface area is 171 Å². The summed E-state index contributed by atoms with van der Waals surface area (Å²) in [6.07, 6.45) is 2.18. The lowest BCUT2D eigenvalue weighted by molar-refractivity contribution is -0.148. The second-order valence-corrected chi connectivity index (χ2v) is 8.21. The number of nitrogens with zero attached hydrogens (tertiary/aromatic N) is 1. The van der Waals surface area contributed by atoms with Gasteiger partial charge in [0.15, 0.2) is 0 Å². The van der Waals surface area contributed by atoms with E-state index in [9.17, 15) is 14.7 Å². The molecule has 3 rings (SSSR count). The summed E-state index contributed by atoms with van der Waals surface area (Å²) >= 11 is 5.92. The Balaban J connectivity index is 1.58. The maximum atomic E-state index is 12.7. The molecule has 0 aliphatic carbocycles. The largest absolute Gasteiger partial charge is 0.481 e. The number of rotatable bonds is 6. The molecular formula is C23H26ClNO3. The molecular weight excluding hydrogens is 374 g/mol. The summed E-state index contributed by atoms with van der Waals surface area (Å²) in [5.41, 5.74) is 1.09. The van der Waals surface area contributed by atoms with E-state index in [1.54, 1.807) is 0 Å². The van der Waals surface area contributed by atoms with Crippen molar-refractivity contribution in [1.29, 1.82) is 0 Å². The van der Waals surface area contributed by atoms with E-state index in [4.69, 9.17) is 11.6 Å². The van der Waals surface area contributed by atoms with Crippen molar-refractivity contribution in [2.75, 3.05) is 13.1 Å². The Hall–Kier alpha value is -2.33. The fraction of sp³-hybridized carbons (Fsp3) is 0.391. The molecule has 2 aromatic carbocycles. The van der Waals surface area contributed by atoms with Gasteiger partial charge >= 0.3 is 5.97 Å². The van der Waals surface area contributed by atoms with Crippen LogP contribution < -0.4 is 0 Å². The molecule has 0 bridgehead atoms. The molecule has 5 heteroatoms. The number of amides is 1. The molecule has 0 spiro atoms. The summed E-state index contributed by atoms with van der Waals surface area (Å²) in [5.74, 6) is -0.482. The number of carbonyl (C=O) groups excluding carboxylic acids is 1. The van der Waals surface area contributed by atoms with Crippen LogP contribution in [-0.4, -0.2) is 35.0 Å². The minimum Gasteiger partial charge on any atom is -0.481 e. The lowest BCUT2D eigenvalue weighted by Gasteiger charge is -2.39. The van der Waals surface area contributed by atoms with E-state index in [2.05, 4.69) is 6.92 Å². The minimum atomic E-state index is -0.896. The summed E-state index contributed by atoms with van der Waals surface area (Å²) in [5, 5.41) is 10.6. The van der Waals surface area contributed by atoms with Crippen LogP contribution >= 0.6 is 11.6 Å². The Morgan fingerprint density at radius 3 is 2.25 bits per heavy atom. The molecule has 1 aliphatic rings. The highest BCUT2D eigenvalue weighted by Crippen LogP contribution is 2.36. The van der Waals surface area contributed by atoms with Gasteiger partial charge in [-0.2, -0.15) is 0 Å². The first-order chi connectivity index (χ1) is 13.4. The normalized spacial score (nSPS) is 17.1. The van der Waals surface area contributed by atoms with Crippen LogP contribution in [0.1, 0.15) is 37.3 Å². The third-order valence-corrected chi connectivity index (χ3v) is 5.98. The highest BCUT2D eigenvalue weighted by atomic mass is 35.5. The third kappa shape index (κ3) is 4.56. The maximum Gasteiger partial charge on any atom is 0.314 e. The first kappa shape index (κ1) is 20.4. The molecule has 28 heavy (non-hydrogen) atoms. The van der Waals surface area contributed by atoms with Crippen LogP contribution in [0.15, 0.2) is 54.6 Å². The van der Waals surface area contributed by atoms with E-state index in [0.29, 0.717) is 37.4 Å². The summed E-state index contributed by atoms with van der Waals surface area (Å²) < 4.78 is 0. The number of carboxylic acid groups (broad SMARTS) is 1. The van der Waals surface area contributed by atoms with Crippen LogP contribution in [0, 0.1) is 5.92 Å². The van der Waals surface area contributed by atoms with Crippen LogP contribution in [0.25, 0.3) is 0 Å². The van der Waals surface area contributed by atoms with Gasteiger partial charge in [-0.25, -0.2) is 0 Å². The zero-order valence-corrected chi connectivity index (χ0v) is 16.9. The minimum absolute atomic E-state index is 0.105. The van der Waals surface area contributed by atoms with Gasteiger partial charge in [0.1, 0.15) is 0 Å². The highest BCUT2D eigenvalue weighted by molar-refractivity contribution is 6.30. The number of hydrogen-bond donors (Lipinski definition) is 1. The Kier molecular flexibility index (Phi) is 6.40. The molecule has 0 saturated carbocycles. The lowest BCUT2D eigenvalue weighted by Crippen LogP contribution is -2.49. The molecule has 1 N–H and O–H groups in total. The van der Waals surface area contributed by atoms with E-state index >= 15 is 0 Å². The van der Waals surface area contributed by atoms with Crippen LogP contribution in [0.5, 0.6) is 0 Å². The molecule has 148 valence electrons. The number of piperidine rings is 1. The van der Waals surface area contributed by atoms with Gasteiger partial charge in [0.05, 0.1) is 5.41 Å². The summed E-state index contributed by atoms with van der Waals surface area (Å²) in [7, 11) is 0. The van der Waals surface area contributed by atoms with Crippen molar-refractivity contribution in [3.05, 3.63) is 70.7 Å². The fourth-order valence-electron chi connectivity index (χ4n) is 4.04. The SMILES string of the molecule is CC(CC(=O)N1CCC(C(=O)O)(c2ccccc2)CC1)Cc1ccc(Cl)cc1. The summed E-state index contributed by atoms with van der Waals surface area (Å²) in [4.78, 5) is 26.6. The van der Waals surface area contributed by atoms with E-state index in [1.165, 1.54) is 0 Å². The molecule has 1 fully saturated rings. The van der Waals surface area contributed by atoms with Gasteiger partial charge in [-0.1, -0.05) is 61.0 Å². The van der Waals surface area contributed by atoms with Crippen molar-refractivity contribution in [2.24, 2.45) is 5.92 Å². The second kappa shape index (κ2) is 8.78. The Morgan fingerprint density at radius 1 is 1.07 bits per heavy atom. The van der Waals surface area contributed by atoms with Crippen molar-refractivity contribution in [3.8, 4) is 0 Å². The molecule has 1 atom stereocenters. The zero-order valence-electron chi connectivity index (χ0n) is 16.1. The predicted molar refractivity (Wildman–Crippen MR) is 111 cm³/mol. The highest BCUT2D eigenvalue weighted by Gasteiger charge is 2.43. The maximum absolute atomic E-state index is 12.7. The molecule has 2 aromatic rings. The molecule has 1 heterocycles. The van der Waals surface area contributed by atoms with Gasteiger partial charge in [-0.05, 0) is 48.4 Å². The van der Waals surface area contributed by atoms with Gasteiger partial charge in [0.25, 0.3) is 0 Å². The van der Waals surface area contributed by atoms with E-state index in [-0.39, 0.29) is 11.8 Å². The van der Waals surface area contributed by atoms with Crippen LogP contribution in [-0.2, 0) is 21.4 Å². The summed E-state index contributed by atoms with van der Waals surface area (Å²) in [6.45, 7) is 3.03. The topological polar surface area (TPSA) is 57.6 Å². The Bertz CT molecular complexity index is 812.